The summed E-state index contributed by atoms with van der Waals surface area (Å²) in [7, 11) is 0. The number of rotatable bonds is 2. The maximum absolute atomic E-state index is 12.1. The summed E-state index contributed by atoms with van der Waals surface area (Å²) < 4.78 is 0. The number of carbonyl (C=O) groups is 1. The normalized spacial score (nSPS) is 20.3. The Balaban J connectivity index is 2.01. The van der Waals surface area contributed by atoms with Gasteiger partial charge in [-0.2, -0.15) is 0 Å². The van der Waals surface area contributed by atoms with Crippen molar-refractivity contribution in [3.63, 3.8) is 0 Å². The van der Waals surface area contributed by atoms with Gasteiger partial charge in [-0.15, -0.1) is 0 Å². The molecule has 92 valence electrons. The van der Waals surface area contributed by atoms with Crippen molar-refractivity contribution in [2.45, 2.75) is 19.4 Å². The van der Waals surface area contributed by atoms with E-state index in [9.17, 15) is 9.90 Å². The number of hydrogen-bond donors (Lipinski definition) is 2. The Kier molecular flexibility index (Phi) is 3.64. The second kappa shape index (κ2) is 5.19. The summed E-state index contributed by atoms with van der Waals surface area (Å²) in [5.41, 5.74) is 0.862. The van der Waals surface area contributed by atoms with Crippen molar-refractivity contribution in [3.8, 4) is 5.75 Å². The van der Waals surface area contributed by atoms with E-state index in [1.807, 2.05) is 17.9 Å². The second-order valence-corrected chi connectivity index (χ2v) is 4.49. The molecule has 0 radical (unpaired) electrons. The molecule has 1 amide bonds. The van der Waals surface area contributed by atoms with E-state index < -0.39 is 0 Å². The lowest BCUT2D eigenvalue weighted by molar-refractivity contribution is -0.133. The van der Waals surface area contributed by atoms with E-state index in [1.165, 1.54) is 0 Å². The van der Waals surface area contributed by atoms with E-state index in [4.69, 9.17) is 0 Å². The number of phenolic OH excluding ortho intramolecular Hbond substituents is 1. The van der Waals surface area contributed by atoms with Crippen LogP contribution in [-0.2, 0) is 11.2 Å². The van der Waals surface area contributed by atoms with E-state index in [-0.39, 0.29) is 17.7 Å². The molecule has 0 spiro atoms. The fourth-order valence-electron chi connectivity index (χ4n) is 2.15. The van der Waals surface area contributed by atoms with Crippen LogP contribution in [0.3, 0.4) is 0 Å². The predicted octanol–water partition coefficient (Wildman–Crippen LogP) is 0.755. The van der Waals surface area contributed by atoms with Gasteiger partial charge in [0.2, 0.25) is 5.91 Å². The SMILES string of the molecule is CC1CNCCN1C(=O)Cc1cccc(O)c1. The zero-order chi connectivity index (χ0) is 12.3. The molecule has 0 saturated carbocycles. The highest BCUT2D eigenvalue weighted by Gasteiger charge is 2.22. The van der Waals surface area contributed by atoms with Crippen molar-refractivity contribution < 1.29 is 9.90 Å². The number of nitrogens with zero attached hydrogens (tertiary/aromatic N) is 1. The van der Waals surface area contributed by atoms with Gasteiger partial charge in [0, 0.05) is 25.7 Å². The third-order valence-corrected chi connectivity index (χ3v) is 3.09. The molecule has 0 aromatic heterocycles. The highest BCUT2D eigenvalue weighted by Crippen LogP contribution is 2.13. The summed E-state index contributed by atoms with van der Waals surface area (Å²) in [4.78, 5) is 14.0. The van der Waals surface area contributed by atoms with Crippen LogP contribution in [0.5, 0.6) is 5.75 Å². The van der Waals surface area contributed by atoms with Crippen molar-refractivity contribution >= 4 is 5.91 Å². The van der Waals surface area contributed by atoms with Crippen LogP contribution in [-0.4, -0.2) is 41.6 Å². The number of hydrogen-bond acceptors (Lipinski definition) is 3. The van der Waals surface area contributed by atoms with Crippen LogP contribution in [0.1, 0.15) is 12.5 Å². The van der Waals surface area contributed by atoms with Gasteiger partial charge in [-0.3, -0.25) is 4.79 Å². The van der Waals surface area contributed by atoms with Crippen LogP contribution in [0.15, 0.2) is 24.3 Å². The molecule has 4 nitrogen and oxygen atoms in total. The van der Waals surface area contributed by atoms with Crippen molar-refractivity contribution in [1.82, 2.24) is 10.2 Å². The Morgan fingerprint density at radius 3 is 3.12 bits per heavy atom. The summed E-state index contributed by atoms with van der Waals surface area (Å²) >= 11 is 0. The lowest BCUT2D eigenvalue weighted by Gasteiger charge is -2.34. The quantitative estimate of drug-likeness (QED) is 0.794. The Hall–Kier alpha value is -1.55. The number of phenols is 1. The molecule has 1 heterocycles. The average Bonchev–Trinajstić information content (AvgIpc) is 2.29. The molecular weight excluding hydrogens is 216 g/mol. The Labute approximate surface area is 101 Å². The average molecular weight is 234 g/mol. The van der Waals surface area contributed by atoms with E-state index in [1.54, 1.807) is 18.2 Å². The lowest BCUT2D eigenvalue weighted by Crippen LogP contribution is -2.52. The number of benzene rings is 1. The van der Waals surface area contributed by atoms with Crippen molar-refractivity contribution in [3.05, 3.63) is 29.8 Å². The molecule has 4 heteroatoms. The van der Waals surface area contributed by atoms with Crippen molar-refractivity contribution in [1.29, 1.82) is 0 Å². The monoisotopic (exact) mass is 234 g/mol. The molecule has 1 saturated heterocycles. The summed E-state index contributed by atoms with van der Waals surface area (Å²) in [6, 6.07) is 7.13. The summed E-state index contributed by atoms with van der Waals surface area (Å²) in [6.45, 7) is 4.52. The van der Waals surface area contributed by atoms with Crippen LogP contribution in [0.2, 0.25) is 0 Å². The van der Waals surface area contributed by atoms with Gasteiger partial charge in [-0.1, -0.05) is 12.1 Å². The first-order chi connectivity index (χ1) is 8.16. The van der Waals surface area contributed by atoms with Gasteiger partial charge in [0.05, 0.1) is 6.42 Å². The molecule has 1 aromatic carbocycles. The van der Waals surface area contributed by atoms with E-state index in [0.29, 0.717) is 6.42 Å². The van der Waals surface area contributed by atoms with E-state index in [2.05, 4.69) is 5.32 Å². The fourth-order valence-corrected chi connectivity index (χ4v) is 2.15. The second-order valence-electron chi connectivity index (χ2n) is 4.49. The van der Waals surface area contributed by atoms with Crippen LogP contribution in [0.25, 0.3) is 0 Å². The summed E-state index contributed by atoms with van der Waals surface area (Å²) in [5.74, 6) is 0.341. The molecule has 0 aliphatic carbocycles. The number of nitrogens with one attached hydrogen (secondary N) is 1. The van der Waals surface area contributed by atoms with Gasteiger partial charge < -0.3 is 15.3 Å². The Morgan fingerprint density at radius 1 is 1.59 bits per heavy atom. The predicted molar refractivity (Wildman–Crippen MR) is 65.9 cm³/mol. The van der Waals surface area contributed by atoms with Crippen molar-refractivity contribution in [2.24, 2.45) is 0 Å². The van der Waals surface area contributed by atoms with Crippen LogP contribution < -0.4 is 5.32 Å². The van der Waals surface area contributed by atoms with Gasteiger partial charge in [0.1, 0.15) is 5.75 Å². The molecule has 1 aliphatic rings. The third kappa shape index (κ3) is 2.97. The topological polar surface area (TPSA) is 52.6 Å². The smallest absolute Gasteiger partial charge is 0.227 e. The van der Waals surface area contributed by atoms with Gasteiger partial charge in [0.25, 0.3) is 0 Å². The Bertz CT molecular complexity index is 406. The van der Waals surface area contributed by atoms with Gasteiger partial charge in [-0.05, 0) is 24.6 Å². The molecule has 1 unspecified atom stereocenters. The minimum atomic E-state index is 0.129. The first-order valence-corrected chi connectivity index (χ1v) is 5.95. The molecule has 1 fully saturated rings. The molecule has 2 N–H and O–H groups in total. The number of aromatic hydroxyl groups is 1. The molecule has 1 atom stereocenters. The fraction of sp³-hybridized carbons (Fsp3) is 0.462. The zero-order valence-corrected chi connectivity index (χ0v) is 10.0. The molecule has 1 aromatic rings. The molecule has 1 aliphatic heterocycles. The molecule has 2 rings (SSSR count). The number of amides is 1. The molecule has 0 bridgehead atoms. The minimum absolute atomic E-state index is 0.129. The van der Waals surface area contributed by atoms with Gasteiger partial charge >= 0.3 is 0 Å². The van der Waals surface area contributed by atoms with Crippen molar-refractivity contribution in [2.75, 3.05) is 19.6 Å². The summed E-state index contributed by atoms with van der Waals surface area (Å²) in [6.07, 6.45) is 0.360. The van der Waals surface area contributed by atoms with E-state index >= 15 is 0 Å². The maximum atomic E-state index is 12.1. The zero-order valence-electron chi connectivity index (χ0n) is 10.0. The maximum Gasteiger partial charge on any atom is 0.227 e. The van der Waals surface area contributed by atoms with Crippen LogP contribution >= 0.6 is 0 Å². The standard InChI is InChI=1S/C13H18N2O2/c1-10-9-14-5-6-15(10)13(17)8-11-3-2-4-12(16)7-11/h2-4,7,10,14,16H,5-6,8-9H2,1H3. The number of carbonyl (C=O) groups excluding carboxylic acids is 1. The molecular formula is C13H18N2O2. The highest BCUT2D eigenvalue weighted by atomic mass is 16.3. The van der Waals surface area contributed by atoms with E-state index in [0.717, 1.165) is 25.2 Å². The van der Waals surface area contributed by atoms with Crippen LogP contribution in [0, 0.1) is 0 Å². The summed E-state index contributed by atoms with van der Waals surface area (Å²) in [5, 5.41) is 12.6. The third-order valence-electron chi connectivity index (χ3n) is 3.09. The highest BCUT2D eigenvalue weighted by molar-refractivity contribution is 5.79. The number of piperazine rings is 1. The molecule has 17 heavy (non-hydrogen) atoms. The first kappa shape index (κ1) is 11.9. The Morgan fingerprint density at radius 2 is 2.41 bits per heavy atom. The lowest BCUT2D eigenvalue weighted by atomic mass is 10.1. The van der Waals surface area contributed by atoms with Crippen LogP contribution in [0.4, 0.5) is 0 Å². The largest absolute Gasteiger partial charge is 0.508 e. The minimum Gasteiger partial charge on any atom is -0.508 e. The van der Waals surface area contributed by atoms with Gasteiger partial charge in [-0.25, -0.2) is 0 Å². The van der Waals surface area contributed by atoms with Gasteiger partial charge in [0.15, 0.2) is 0 Å². The first-order valence-electron chi connectivity index (χ1n) is 5.95.